The molecule has 0 aliphatic carbocycles. The Labute approximate surface area is 325 Å². The summed E-state index contributed by atoms with van der Waals surface area (Å²) in [7, 11) is 0. The van der Waals surface area contributed by atoms with Crippen LogP contribution < -0.4 is 38.5 Å². The molecule has 1 aliphatic rings. The van der Waals surface area contributed by atoms with Crippen molar-refractivity contribution < 1.29 is 43.5 Å². The molecule has 0 spiro atoms. The number of amides is 8. The van der Waals surface area contributed by atoms with Crippen LogP contribution in [0.3, 0.4) is 0 Å². The minimum absolute atomic E-state index is 0.00668. The average molecular weight is 779 g/mol. The van der Waals surface area contributed by atoms with Gasteiger partial charge in [0.05, 0.1) is 6.42 Å². The van der Waals surface area contributed by atoms with Gasteiger partial charge in [-0.1, -0.05) is 55.3 Å². The number of hydrogen-bond acceptors (Lipinski definition) is 9. The molecular formula is C39H54N8O9. The lowest BCUT2D eigenvalue weighted by atomic mass is 10.0. The van der Waals surface area contributed by atoms with Crippen LogP contribution in [-0.2, 0) is 51.2 Å². The van der Waals surface area contributed by atoms with Gasteiger partial charge < -0.3 is 48.5 Å². The van der Waals surface area contributed by atoms with Gasteiger partial charge in [-0.05, 0) is 55.4 Å². The summed E-state index contributed by atoms with van der Waals surface area (Å²) in [4.78, 5) is 104. The third-order valence-corrected chi connectivity index (χ3v) is 9.32. The van der Waals surface area contributed by atoms with Crippen molar-refractivity contribution in [3.63, 3.8) is 0 Å². The molecule has 17 heteroatoms. The van der Waals surface area contributed by atoms with Crippen molar-refractivity contribution in [2.45, 2.75) is 108 Å². The molecule has 11 N–H and O–H groups in total. The van der Waals surface area contributed by atoms with Crippen LogP contribution in [0.1, 0.15) is 81.8 Å². The highest BCUT2D eigenvalue weighted by molar-refractivity contribution is 5.96. The van der Waals surface area contributed by atoms with Gasteiger partial charge in [0.2, 0.25) is 47.3 Å². The fourth-order valence-electron chi connectivity index (χ4n) is 6.24. The monoisotopic (exact) mass is 778 g/mol. The molecule has 17 nitrogen and oxygen atoms in total. The Morgan fingerprint density at radius 3 is 1.68 bits per heavy atom. The highest BCUT2D eigenvalue weighted by atomic mass is 16.3. The van der Waals surface area contributed by atoms with E-state index in [1.54, 1.807) is 42.5 Å². The molecule has 304 valence electrons. The molecule has 4 atom stereocenters. The van der Waals surface area contributed by atoms with E-state index in [9.17, 15) is 43.5 Å². The molecular weight excluding hydrogens is 724 g/mol. The number of nitrogens with zero attached hydrogens (tertiary/aromatic N) is 1. The number of benzene rings is 2. The fourth-order valence-corrected chi connectivity index (χ4v) is 6.24. The molecule has 1 heterocycles. The first-order valence-electron chi connectivity index (χ1n) is 18.9. The summed E-state index contributed by atoms with van der Waals surface area (Å²) in [6, 6.07) is 9.33. The van der Waals surface area contributed by atoms with E-state index in [0.29, 0.717) is 30.4 Å². The van der Waals surface area contributed by atoms with Gasteiger partial charge >= 0.3 is 0 Å². The summed E-state index contributed by atoms with van der Waals surface area (Å²) in [5, 5.41) is 20.1. The molecule has 0 unspecified atom stereocenters. The number of carbonyl (C=O) groups is 8. The first-order chi connectivity index (χ1) is 26.7. The summed E-state index contributed by atoms with van der Waals surface area (Å²) in [5.74, 6) is -5.50. The molecule has 0 bridgehead atoms. The maximum Gasteiger partial charge on any atom is 0.243 e. The summed E-state index contributed by atoms with van der Waals surface area (Å²) in [5.41, 5.74) is 17.1. The second-order valence-corrected chi connectivity index (χ2v) is 13.9. The maximum atomic E-state index is 14.0. The highest BCUT2D eigenvalue weighted by Gasteiger charge is 2.32. The molecule has 3 rings (SSSR count). The van der Waals surface area contributed by atoms with Crippen molar-refractivity contribution in [3.8, 4) is 5.75 Å². The van der Waals surface area contributed by atoms with Crippen LogP contribution in [-0.4, -0.2) is 94.5 Å². The van der Waals surface area contributed by atoms with E-state index >= 15 is 0 Å². The van der Waals surface area contributed by atoms with Gasteiger partial charge in [0.15, 0.2) is 0 Å². The minimum Gasteiger partial charge on any atom is -0.508 e. The van der Waals surface area contributed by atoms with Crippen LogP contribution in [0.4, 0.5) is 0 Å². The molecule has 2 aromatic carbocycles. The number of rotatable bonds is 24. The van der Waals surface area contributed by atoms with Crippen LogP contribution in [0.15, 0.2) is 54.6 Å². The first kappa shape index (κ1) is 44.4. The molecule has 2 aromatic rings. The Bertz CT molecular complexity index is 1670. The zero-order valence-electron chi connectivity index (χ0n) is 31.5. The van der Waals surface area contributed by atoms with Crippen LogP contribution in [0.2, 0.25) is 0 Å². The van der Waals surface area contributed by atoms with Crippen molar-refractivity contribution >= 4 is 47.3 Å². The Morgan fingerprint density at radius 2 is 1.11 bits per heavy atom. The van der Waals surface area contributed by atoms with E-state index in [-0.39, 0.29) is 43.8 Å². The van der Waals surface area contributed by atoms with Gasteiger partial charge in [-0.15, -0.1) is 0 Å². The molecule has 8 amide bonds. The number of unbranched alkanes of at least 4 members (excludes halogenated alkanes) is 3. The van der Waals surface area contributed by atoms with Crippen LogP contribution in [0.25, 0.3) is 0 Å². The molecule has 56 heavy (non-hydrogen) atoms. The predicted octanol–water partition coefficient (Wildman–Crippen LogP) is -0.294. The van der Waals surface area contributed by atoms with Gasteiger partial charge in [-0.2, -0.15) is 0 Å². The fraction of sp³-hybridized carbons (Fsp3) is 0.487. The van der Waals surface area contributed by atoms with E-state index in [1.807, 2.05) is 4.90 Å². The summed E-state index contributed by atoms with van der Waals surface area (Å²) >= 11 is 0. The van der Waals surface area contributed by atoms with Crippen molar-refractivity contribution in [3.05, 3.63) is 65.7 Å². The number of phenols is 1. The second-order valence-electron chi connectivity index (χ2n) is 13.9. The number of nitrogens with two attached hydrogens (primary N) is 3. The predicted molar refractivity (Wildman–Crippen MR) is 205 cm³/mol. The number of nitrogens with one attached hydrogen (secondary N) is 4. The quantitative estimate of drug-likeness (QED) is 0.0649. The Balaban J connectivity index is 1.75. The summed E-state index contributed by atoms with van der Waals surface area (Å²) in [6.07, 6.45) is 4.09. The topological polar surface area (TPSA) is 286 Å². The zero-order valence-corrected chi connectivity index (χ0v) is 31.5. The number of hydrogen-bond donors (Lipinski definition) is 8. The van der Waals surface area contributed by atoms with E-state index in [0.717, 1.165) is 38.8 Å². The average Bonchev–Trinajstić information content (AvgIpc) is 3.70. The van der Waals surface area contributed by atoms with Crippen LogP contribution >= 0.6 is 0 Å². The Kier molecular flexibility index (Phi) is 18.3. The molecule has 0 saturated carbocycles. The Hall–Kier alpha value is -6.00. The third-order valence-electron chi connectivity index (χ3n) is 9.32. The Morgan fingerprint density at radius 1 is 0.589 bits per heavy atom. The van der Waals surface area contributed by atoms with E-state index in [2.05, 4.69) is 21.3 Å². The number of aromatic hydroxyl groups is 1. The summed E-state index contributed by atoms with van der Waals surface area (Å²) in [6.45, 7) is 1.62. The zero-order chi connectivity index (χ0) is 41.0. The largest absolute Gasteiger partial charge is 0.508 e. The molecule has 1 fully saturated rings. The van der Waals surface area contributed by atoms with Crippen molar-refractivity contribution in [1.29, 1.82) is 0 Å². The number of carbonyl (C=O) groups excluding carboxylic acids is 8. The van der Waals surface area contributed by atoms with E-state index < -0.39 is 71.9 Å². The smallest absolute Gasteiger partial charge is 0.243 e. The van der Waals surface area contributed by atoms with E-state index in [4.69, 9.17) is 17.2 Å². The minimum atomic E-state index is -1.50. The molecule has 0 radical (unpaired) electrons. The maximum absolute atomic E-state index is 14.0. The van der Waals surface area contributed by atoms with Gasteiger partial charge in [0.1, 0.15) is 29.9 Å². The van der Waals surface area contributed by atoms with Crippen LogP contribution in [0.5, 0.6) is 5.75 Å². The lowest BCUT2D eigenvalue weighted by molar-refractivity contribution is -0.135. The molecule has 0 aromatic heterocycles. The van der Waals surface area contributed by atoms with Crippen molar-refractivity contribution in [1.82, 2.24) is 26.2 Å². The molecule has 1 aliphatic heterocycles. The normalized spacial score (nSPS) is 14.4. The lowest BCUT2D eigenvalue weighted by Gasteiger charge is -2.26. The standard InChI is InChI=1S/C39H54N8O9/c40-32(49)19-18-28(37(54)45-29(36(42)53)24-33(41)50)44-39(56)31(22-25-10-4-3-5-11-25)46-38(55)30(23-26-14-16-27(48)17-15-26)43-34(51)12-6-1-2-7-13-35(52)47-20-8-9-21-47/h3-5,10-11,14-17,28-31,48H,1-2,6-9,12-13,18-24H2,(H2,40,49)(H2,41,50)(H2,42,53)(H,43,51)(H,44,56)(H,45,54)(H,46,55)/t28-,29-,30-,31-/m0/s1. The number of phenolic OH excluding ortho intramolecular Hbond substituents is 1. The van der Waals surface area contributed by atoms with Gasteiger partial charge in [-0.3, -0.25) is 38.4 Å². The van der Waals surface area contributed by atoms with Crippen LogP contribution in [0, 0.1) is 0 Å². The van der Waals surface area contributed by atoms with Crippen molar-refractivity contribution in [2.24, 2.45) is 17.2 Å². The SMILES string of the molecule is NC(=O)CC[C@H](NC(=O)[C@H](Cc1ccccc1)NC(=O)[C@H](Cc1ccc(O)cc1)NC(=O)CCCCCCC(=O)N1CCCC1)C(=O)N[C@@H](CC(N)=O)C(N)=O. The lowest BCUT2D eigenvalue weighted by Crippen LogP contribution is -2.59. The molecule has 1 saturated heterocycles. The number of likely N-dealkylation sites (tertiary alicyclic amines) is 1. The summed E-state index contributed by atoms with van der Waals surface area (Å²) < 4.78 is 0. The van der Waals surface area contributed by atoms with Crippen molar-refractivity contribution in [2.75, 3.05) is 13.1 Å². The van der Waals surface area contributed by atoms with Gasteiger partial charge in [-0.25, -0.2) is 0 Å². The van der Waals surface area contributed by atoms with Gasteiger partial charge in [0.25, 0.3) is 0 Å². The van der Waals surface area contributed by atoms with E-state index in [1.165, 1.54) is 12.1 Å². The highest BCUT2D eigenvalue weighted by Crippen LogP contribution is 2.15. The van der Waals surface area contributed by atoms with Gasteiger partial charge in [0, 0.05) is 45.2 Å². The first-order valence-corrected chi connectivity index (χ1v) is 18.9. The second kappa shape index (κ2) is 23.0. The third kappa shape index (κ3) is 16.2. The number of primary amides is 3.